The SMILES string of the molecule is CC(C)n1cc(Nc2cncc(N)n2)cn1. The van der Waals surface area contributed by atoms with Crippen molar-refractivity contribution in [3.8, 4) is 0 Å². The smallest absolute Gasteiger partial charge is 0.151 e. The zero-order valence-corrected chi connectivity index (χ0v) is 9.25. The summed E-state index contributed by atoms with van der Waals surface area (Å²) in [5.74, 6) is 1.00. The van der Waals surface area contributed by atoms with Crippen molar-refractivity contribution in [2.75, 3.05) is 11.1 Å². The molecule has 0 atom stereocenters. The highest BCUT2D eigenvalue weighted by molar-refractivity contribution is 5.54. The molecule has 0 aromatic carbocycles. The van der Waals surface area contributed by atoms with Crippen LogP contribution in [0.5, 0.6) is 0 Å². The molecule has 0 saturated carbocycles. The fourth-order valence-corrected chi connectivity index (χ4v) is 1.27. The minimum absolute atomic E-state index is 0.336. The van der Waals surface area contributed by atoms with Gasteiger partial charge in [-0.25, -0.2) is 4.98 Å². The van der Waals surface area contributed by atoms with E-state index in [1.807, 2.05) is 10.9 Å². The molecule has 0 unspecified atom stereocenters. The molecule has 2 rings (SSSR count). The highest BCUT2D eigenvalue weighted by atomic mass is 15.3. The Morgan fingerprint density at radius 1 is 1.31 bits per heavy atom. The van der Waals surface area contributed by atoms with Crippen LogP contribution in [0.15, 0.2) is 24.8 Å². The molecule has 6 heteroatoms. The van der Waals surface area contributed by atoms with Gasteiger partial charge in [0.2, 0.25) is 0 Å². The molecule has 16 heavy (non-hydrogen) atoms. The summed E-state index contributed by atoms with van der Waals surface area (Å²) in [7, 11) is 0. The Morgan fingerprint density at radius 3 is 2.75 bits per heavy atom. The molecule has 0 saturated heterocycles. The van der Waals surface area contributed by atoms with Crippen molar-refractivity contribution >= 4 is 17.3 Å². The van der Waals surface area contributed by atoms with Gasteiger partial charge in [0.05, 0.1) is 24.3 Å². The van der Waals surface area contributed by atoms with Crippen LogP contribution in [0.3, 0.4) is 0 Å². The molecule has 84 valence electrons. The Bertz CT molecular complexity index is 476. The van der Waals surface area contributed by atoms with E-state index in [0.29, 0.717) is 17.7 Å². The van der Waals surface area contributed by atoms with Crippen LogP contribution in [0.2, 0.25) is 0 Å². The van der Waals surface area contributed by atoms with Gasteiger partial charge in [-0.1, -0.05) is 0 Å². The second kappa shape index (κ2) is 4.18. The van der Waals surface area contributed by atoms with Gasteiger partial charge in [-0.15, -0.1) is 0 Å². The number of nitrogens with two attached hydrogens (primary N) is 1. The molecular weight excluding hydrogens is 204 g/mol. The Balaban J connectivity index is 2.14. The van der Waals surface area contributed by atoms with Crippen LogP contribution in [0.25, 0.3) is 0 Å². The molecule has 2 aromatic rings. The first-order valence-electron chi connectivity index (χ1n) is 5.04. The lowest BCUT2D eigenvalue weighted by atomic mass is 10.4. The standard InChI is InChI=1S/C10H14N6/c1-7(2)16-6-8(3-13-16)14-10-5-12-4-9(11)15-10/h3-7H,1-2H3,(H3,11,14,15). The summed E-state index contributed by atoms with van der Waals surface area (Å²) >= 11 is 0. The summed E-state index contributed by atoms with van der Waals surface area (Å²) in [4.78, 5) is 8.03. The van der Waals surface area contributed by atoms with Crippen molar-refractivity contribution in [1.82, 2.24) is 19.7 Å². The molecule has 0 aliphatic heterocycles. The maximum atomic E-state index is 5.53. The van der Waals surface area contributed by atoms with Gasteiger partial charge in [0.1, 0.15) is 5.82 Å². The lowest BCUT2D eigenvalue weighted by Crippen LogP contribution is -2.00. The number of hydrogen-bond donors (Lipinski definition) is 2. The highest BCUT2D eigenvalue weighted by Crippen LogP contribution is 2.15. The molecule has 0 fully saturated rings. The van der Waals surface area contributed by atoms with Crippen LogP contribution in [-0.4, -0.2) is 19.7 Å². The largest absolute Gasteiger partial charge is 0.382 e. The average molecular weight is 218 g/mol. The van der Waals surface area contributed by atoms with E-state index >= 15 is 0 Å². The number of rotatable bonds is 3. The Kier molecular flexibility index (Phi) is 2.72. The normalized spacial score (nSPS) is 10.7. The van der Waals surface area contributed by atoms with Gasteiger partial charge in [-0.2, -0.15) is 5.10 Å². The zero-order chi connectivity index (χ0) is 11.5. The van der Waals surface area contributed by atoms with Gasteiger partial charge in [0.15, 0.2) is 5.82 Å². The summed E-state index contributed by atoms with van der Waals surface area (Å²) in [6.07, 6.45) is 6.77. The first-order chi connectivity index (χ1) is 7.65. The summed E-state index contributed by atoms with van der Waals surface area (Å²) in [5.41, 5.74) is 6.40. The van der Waals surface area contributed by atoms with Crippen LogP contribution in [0.1, 0.15) is 19.9 Å². The molecule has 6 nitrogen and oxygen atoms in total. The Labute approximate surface area is 93.5 Å². The molecule has 2 heterocycles. The van der Waals surface area contributed by atoms with Gasteiger partial charge in [-0.05, 0) is 13.8 Å². The lowest BCUT2D eigenvalue weighted by molar-refractivity contribution is 0.532. The van der Waals surface area contributed by atoms with Gasteiger partial charge in [-0.3, -0.25) is 9.67 Å². The fourth-order valence-electron chi connectivity index (χ4n) is 1.27. The predicted octanol–water partition coefficient (Wildman–Crippen LogP) is 1.58. The van der Waals surface area contributed by atoms with Gasteiger partial charge >= 0.3 is 0 Å². The van der Waals surface area contributed by atoms with Crippen LogP contribution in [0.4, 0.5) is 17.3 Å². The predicted molar refractivity (Wildman–Crippen MR) is 62.3 cm³/mol. The van der Waals surface area contributed by atoms with E-state index in [2.05, 4.69) is 34.2 Å². The number of anilines is 3. The van der Waals surface area contributed by atoms with Crippen LogP contribution in [-0.2, 0) is 0 Å². The van der Waals surface area contributed by atoms with E-state index in [9.17, 15) is 0 Å². The minimum atomic E-state index is 0.336. The second-order valence-electron chi connectivity index (χ2n) is 3.76. The van der Waals surface area contributed by atoms with E-state index in [1.54, 1.807) is 12.4 Å². The monoisotopic (exact) mass is 218 g/mol. The van der Waals surface area contributed by atoms with E-state index < -0.39 is 0 Å². The molecule has 0 aliphatic carbocycles. The summed E-state index contributed by atoms with van der Waals surface area (Å²) in [6.45, 7) is 4.13. The fraction of sp³-hybridized carbons (Fsp3) is 0.300. The van der Waals surface area contributed by atoms with Crippen molar-refractivity contribution in [2.45, 2.75) is 19.9 Å². The molecule has 3 N–H and O–H groups in total. The molecule has 0 spiro atoms. The summed E-state index contributed by atoms with van der Waals surface area (Å²) < 4.78 is 1.86. The van der Waals surface area contributed by atoms with Crippen molar-refractivity contribution in [1.29, 1.82) is 0 Å². The van der Waals surface area contributed by atoms with Crippen molar-refractivity contribution < 1.29 is 0 Å². The van der Waals surface area contributed by atoms with Crippen LogP contribution >= 0.6 is 0 Å². The summed E-state index contributed by atoms with van der Waals surface area (Å²) in [5, 5.41) is 7.29. The van der Waals surface area contributed by atoms with Crippen LogP contribution < -0.4 is 11.1 Å². The minimum Gasteiger partial charge on any atom is -0.382 e. The molecule has 0 aliphatic rings. The van der Waals surface area contributed by atoms with Crippen molar-refractivity contribution in [2.24, 2.45) is 0 Å². The van der Waals surface area contributed by atoms with E-state index in [0.717, 1.165) is 5.69 Å². The number of nitrogens with one attached hydrogen (secondary N) is 1. The second-order valence-corrected chi connectivity index (χ2v) is 3.76. The van der Waals surface area contributed by atoms with Gasteiger partial charge in [0, 0.05) is 12.2 Å². The molecule has 0 bridgehead atoms. The average Bonchev–Trinajstić information content (AvgIpc) is 2.66. The quantitative estimate of drug-likeness (QED) is 0.817. The van der Waals surface area contributed by atoms with E-state index in [-0.39, 0.29) is 0 Å². The number of nitrogen functional groups attached to an aromatic ring is 1. The first kappa shape index (κ1) is 10.4. The van der Waals surface area contributed by atoms with E-state index in [4.69, 9.17) is 5.73 Å². The molecule has 0 amide bonds. The van der Waals surface area contributed by atoms with E-state index in [1.165, 1.54) is 6.20 Å². The highest BCUT2D eigenvalue weighted by Gasteiger charge is 2.02. The number of aromatic nitrogens is 4. The third-order valence-electron chi connectivity index (χ3n) is 2.06. The van der Waals surface area contributed by atoms with Crippen molar-refractivity contribution in [3.63, 3.8) is 0 Å². The molecular formula is C10H14N6. The Hall–Kier alpha value is -2.11. The Morgan fingerprint density at radius 2 is 2.12 bits per heavy atom. The maximum absolute atomic E-state index is 5.53. The topological polar surface area (TPSA) is 81.7 Å². The molecule has 0 radical (unpaired) electrons. The first-order valence-corrected chi connectivity index (χ1v) is 5.04. The van der Waals surface area contributed by atoms with Crippen molar-refractivity contribution in [3.05, 3.63) is 24.8 Å². The lowest BCUT2D eigenvalue weighted by Gasteiger charge is -2.04. The van der Waals surface area contributed by atoms with Gasteiger partial charge < -0.3 is 11.1 Å². The zero-order valence-electron chi connectivity index (χ0n) is 9.25. The van der Waals surface area contributed by atoms with Crippen LogP contribution in [0, 0.1) is 0 Å². The third-order valence-corrected chi connectivity index (χ3v) is 2.06. The maximum Gasteiger partial charge on any atom is 0.151 e. The summed E-state index contributed by atoms with van der Waals surface area (Å²) in [6, 6.07) is 0.336. The molecule has 2 aromatic heterocycles. The number of nitrogens with zero attached hydrogens (tertiary/aromatic N) is 4. The number of hydrogen-bond acceptors (Lipinski definition) is 5. The van der Waals surface area contributed by atoms with Gasteiger partial charge in [0.25, 0.3) is 0 Å². The third kappa shape index (κ3) is 2.28.